The van der Waals surface area contributed by atoms with Crippen molar-refractivity contribution in [2.75, 3.05) is 4.90 Å². The van der Waals surface area contributed by atoms with Crippen LogP contribution >= 0.6 is 0 Å². The van der Waals surface area contributed by atoms with Crippen LogP contribution in [0.15, 0.2) is 243 Å². The molecule has 73 heavy (non-hydrogen) atoms. The van der Waals surface area contributed by atoms with Crippen LogP contribution in [0, 0.1) is 5.92 Å². The van der Waals surface area contributed by atoms with Crippen molar-refractivity contribution in [2.45, 2.75) is 64.2 Å². The molecule has 0 radical (unpaired) electrons. The predicted octanol–water partition coefficient (Wildman–Crippen LogP) is 19.3. The summed E-state index contributed by atoms with van der Waals surface area (Å²) in [6.07, 6.45) is 1.16. The van der Waals surface area contributed by atoms with Gasteiger partial charge in [-0.1, -0.05) is 224 Å². The largest absolute Gasteiger partial charge is 0.457 e. The minimum absolute atomic E-state index is 0.140. The van der Waals surface area contributed by atoms with Crippen molar-refractivity contribution < 1.29 is 4.74 Å². The van der Waals surface area contributed by atoms with E-state index >= 15 is 0 Å². The molecule has 2 aliphatic rings. The number of anilines is 3. The van der Waals surface area contributed by atoms with Crippen molar-refractivity contribution in [2.24, 2.45) is 5.92 Å². The Hall–Kier alpha value is -8.20. The molecular weight excluding hydrogens is 883 g/mol. The van der Waals surface area contributed by atoms with E-state index in [0.717, 1.165) is 35.0 Å². The van der Waals surface area contributed by atoms with Gasteiger partial charge in [0, 0.05) is 22.5 Å². The minimum Gasteiger partial charge on any atom is -0.457 e. The average molecular weight is 944 g/mol. The Morgan fingerprint density at radius 3 is 1.42 bits per heavy atom. The van der Waals surface area contributed by atoms with E-state index in [0.29, 0.717) is 5.92 Å². The summed E-state index contributed by atoms with van der Waals surface area (Å²) in [6.45, 7) is 14.0. The third-order valence-electron chi connectivity index (χ3n) is 15.8. The molecule has 10 aromatic rings. The highest BCUT2D eigenvalue weighted by Crippen LogP contribution is 2.58. The molecule has 0 aromatic heterocycles. The van der Waals surface area contributed by atoms with Crippen molar-refractivity contribution in [1.82, 2.24) is 0 Å². The summed E-state index contributed by atoms with van der Waals surface area (Å²) in [6, 6.07) is 89.3. The summed E-state index contributed by atoms with van der Waals surface area (Å²) >= 11 is 0. The lowest BCUT2D eigenvalue weighted by atomic mass is 9.67. The van der Waals surface area contributed by atoms with E-state index in [1.54, 1.807) is 0 Å². The van der Waals surface area contributed by atoms with Gasteiger partial charge in [-0.05, 0) is 162 Å². The van der Waals surface area contributed by atoms with E-state index in [-0.39, 0.29) is 10.8 Å². The minimum atomic E-state index is -0.618. The first-order valence-electron chi connectivity index (χ1n) is 26.0. The second kappa shape index (κ2) is 18.1. The van der Waals surface area contributed by atoms with Gasteiger partial charge in [0.25, 0.3) is 0 Å². The van der Waals surface area contributed by atoms with Crippen LogP contribution in [0.5, 0.6) is 11.5 Å². The third kappa shape index (κ3) is 7.97. The van der Waals surface area contributed by atoms with Gasteiger partial charge in [-0.15, -0.1) is 0 Å². The van der Waals surface area contributed by atoms with E-state index in [1.807, 2.05) is 0 Å². The predicted molar refractivity (Wildman–Crippen MR) is 306 cm³/mol. The summed E-state index contributed by atoms with van der Waals surface area (Å²) in [7, 11) is 0. The molecule has 0 bridgehead atoms. The molecule has 0 aliphatic heterocycles. The van der Waals surface area contributed by atoms with Crippen LogP contribution in [0.25, 0.3) is 44.5 Å². The normalized spacial score (nSPS) is 15.1. The lowest BCUT2D eigenvalue weighted by Gasteiger charge is -2.35. The van der Waals surface area contributed by atoms with E-state index < -0.39 is 5.41 Å². The van der Waals surface area contributed by atoms with Gasteiger partial charge in [0.15, 0.2) is 0 Å². The van der Waals surface area contributed by atoms with Crippen LogP contribution in [0.3, 0.4) is 0 Å². The fourth-order valence-electron chi connectivity index (χ4n) is 12.5. The van der Waals surface area contributed by atoms with Gasteiger partial charge in [0.05, 0.1) is 5.41 Å². The number of fused-ring (bicyclic) bond motifs is 6. The van der Waals surface area contributed by atoms with Crippen molar-refractivity contribution in [3.8, 4) is 56.0 Å². The number of ether oxygens (including phenoxy) is 1. The van der Waals surface area contributed by atoms with Crippen LogP contribution in [0.1, 0.15) is 86.9 Å². The SMILES string of the molecule is CC(C)CC(C)(C)c1ccc(-c2ccc(Oc3ccc(C4(c5ccccc5)c5ccccc5-c5ccc(N(c6ccc(-c7ccccc7)cc6)c6ccc7c(c6)C(C)(C)c6ccccc6-7)cc54)cc3)cc2)cc1. The zero-order valence-corrected chi connectivity index (χ0v) is 42.7. The van der Waals surface area contributed by atoms with Gasteiger partial charge in [0.1, 0.15) is 11.5 Å². The summed E-state index contributed by atoms with van der Waals surface area (Å²) in [5.74, 6) is 2.25. The molecule has 12 rings (SSSR count). The molecule has 0 spiro atoms. The summed E-state index contributed by atoms with van der Waals surface area (Å²) in [4.78, 5) is 2.46. The molecule has 356 valence electrons. The van der Waals surface area contributed by atoms with Crippen LogP contribution in [-0.4, -0.2) is 0 Å². The van der Waals surface area contributed by atoms with Crippen molar-refractivity contribution >= 4 is 17.1 Å². The maximum absolute atomic E-state index is 6.61. The first kappa shape index (κ1) is 45.9. The summed E-state index contributed by atoms with van der Waals surface area (Å²) in [5.41, 5.74) is 21.6. The quantitative estimate of drug-likeness (QED) is 0.121. The Labute approximate surface area is 432 Å². The highest BCUT2D eigenvalue weighted by atomic mass is 16.5. The number of rotatable bonds is 12. The lowest BCUT2D eigenvalue weighted by molar-refractivity contribution is 0.400. The van der Waals surface area contributed by atoms with Gasteiger partial charge in [-0.3, -0.25) is 0 Å². The third-order valence-corrected chi connectivity index (χ3v) is 15.8. The first-order valence-corrected chi connectivity index (χ1v) is 26.0. The maximum Gasteiger partial charge on any atom is 0.127 e. The molecule has 0 N–H and O–H groups in total. The topological polar surface area (TPSA) is 12.5 Å². The fourth-order valence-corrected chi connectivity index (χ4v) is 12.5. The molecule has 0 heterocycles. The molecule has 0 fully saturated rings. The van der Waals surface area contributed by atoms with Crippen LogP contribution in [-0.2, 0) is 16.2 Å². The van der Waals surface area contributed by atoms with E-state index in [2.05, 4.69) is 289 Å². The number of benzene rings is 10. The average Bonchev–Trinajstić information content (AvgIpc) is 3.84. The molecule has 1 unspecified atom stereocenters. The molecule has 0 saturated heterocycles. The molecule has 0 amide bonds. The van der Waals surface area contributed by atoms with Crippen molar-refractivity contribution in [3.63, 3.8) is 0 Å². The molecule has 2 nitrogen and oxygen atoms in total. The Morgan fingerprint density at radius 1 is 0.397 bits per heavy atom. The number of hydrogen-bond acceptors (Lipinski definition) is 2. The fraction of sp³-hybridized carbons (Fsp3) is 0.155. The molecule has 1 atom stereocenters. The molecule has 2 heteroatoms. The smallest absolute Gasteiger partial charge is 0.127 e. The Morgan fingerprint density at radius 2 is 0.822 bits per heavy atom. The van der Waals surface area contributed by atoms with Gasteiger partial charge in [-0.2, -0.15) is 0 Å². The Kier molecular flexibility index (Phi) is 11.4. The first-order chi connectivity index (χ1) is 35.5. The van der Waals surface area contributed by atoms with Gasteiger partial charge in [-0.25, -0.2) is 0 Å². The van der Waals surface area contributed by atoms with E-state index in [9.17, 15) is 0 Å². The van der Waals surface area contributed by atoms with E-state index in [1.165, 1.54) is 83.5 Å². The van der Waals surface area contributed by atoms with Crippen LogP contribution in [0.4, 0.5) is 17.1 Å². The molecule has 10 aromatic carbocycles. The number of nitrogens with zero attached hydrogens (tertiary/aromatic N) is 1. The van der Waals surface area contributed by atoms with Crippen molar-refractivity contribution in [1.29, 1.82) is 0 Å². The Bertz CT molecular complexity index is 3610. The van der Waals surface area contributed by atoms with Gasteiger partial charge < -0.3 is 9.64 Å². The Balaban J connectivity index is 0.940. The highest BCUT2D eigenvalue weighted by molar-refractivity contribution is 5.91. The van der Waals surface area contributed by atoms with Crippen LogP contribution < -0.4 is 9.64 Å². The summed E-state index contributed by atoms with van der Waals surface area (Å²) in [5, 5.41) is 0. The standard InChI is InChI=1S/C71H61NO/c1-48(2)47-69(3,4)53-31-25-50(26-32-53)52-29-39-59(40-30-52)73-60-41-33-55(34-42-60)71(54-19-11-8-12-20-54)66-24-16-14-22-62(66)64-44-38-58(46-68(64)71)72(56-35-27-51(28-36-56)49-17-9-7-10-18-49)57-37-43-63-61-21-13-15-23-65(61)70(5,6)67(63)45-57/h7-46,48H,47H2,1-6H3. The zero-order valence-electron chi connectivity index (χ0n) is 42.7. The molecule has 2 aliphatic carbocycles. The van der Waals surface area contributed by atoms with Gasteiger partial charge >= 0.3 is 0 Å². The van der Waals surface area contributed by atoms with Gasteiger partial charge in [0.2, 0.25) is 0 Å². The monoisotopic (exact) mass is 943 g/mol. The lowest BCUT2D eigenvalue weighted by Crippen LogP contribution is -2.28. The summed E-state index contributed by atoms with van der Waals surface area (Å²) < 4.78 is 6.61. The van der Waals surface area contributed by atoms with Crippen LogP contribution in [0.2, 0.25) is 0 Å². The van der Waals surface area contributed by atoms with Crippen molar-refractivity contribution in [3.05, 3.63) is 282 Å². The molecule has 0 saturated carbocycles. The highest BCUT2D eigenvalue weighted by Gasteiger charge is 2.46. The number of hydrogen-bond donors (Lipinski definition) is 0. The molecular formula is C71H61NO. The second-order valence-corrected chi connectivity index (χ2v) is 21.8. The maximum atomic E-state index is 6.61. The van der Waals surface area contributed by atoms with E-state index in [4.69, 9.17) is 4.74 Å². The second-order valence-electron chi connectivity index (χ2n) is 21.8. The zero-order chi connectivity index (χ0) is 49.9.